The summed E-state index contributed by atoms with van der Waals surface area (Å²) in [6.07, 6.45) is 0. The van der Waals surface area contributed by atoms with Gasteiger partial charge in [-0.3, -0.25) is 0 Å². The van der Waals surface area contributed by atoms with Gasteiger partial charge in [0.1, 0.15) is 11.5 Å². The van der Waals surface area contributed by atoms with Crippen LogP contribution in [0, 0.1) is 0 Å². The standard InChI is InChI=1S/C18H23NO2/c1-13(15-8-6-5-7-9-15)19-14(2)16-10-17(20-3)12-18(11-16)21-4/h5-14,19H,1-4H3/t13-,14-/m0/s1. The maximum atomic E-state index is 5.33. The number of methoxy groups -OCH3 is 2. The van der Waals surface area contributed by atoms with Crippen molar-refractivity contribution < 1.29 is 9.47 Å². The topological polar surface area (TPSA) is 30.5 Å². The van der Waals surface area contributed by atoms with Crippen LogP contribution in [0.25, 0.3) is 0 Å². The summed E-state index contributed by atoms with van der Waals surface area (Å²) in [5, 5.41) is 3.60. The average Bonchev–Trinajstić information content (AvgIpc) is 2.54. The van der Waals surface area contributed by atoms with Crippen molar-refractivity contribution in [1.29, 1.82) is 0 Å². The van der Waals surface area contributed by atoms with E-state index in [1.807, 2.05) is 24.3 Å². The molecule has 0 heterocycles. The summed E-state index contributed by atoms with van der Waals surface area (Å²) in [5.41, 5.74) is 2.42. The molecular formula is C18H23NO2. The van der Waals surface area contributed by atoms with Crippen LogP contribution >= 0.6 is 0 Å². The highest BCUT2D eigenvalue weighted by molar-refractivity contribution is 5.39. The Bertz CT molecular complexity index is 546. The third-order valence-electron chi connectivity index (χ3n) is 3.67. The van der Waals surface area contributed by atoms with Gasteiger partial charge >= 0.3 is 0 Å². The Hall–Kier alpha value is -2.00. The Morgan fingerprint density at radius 1 is 0.762 bits per heavy atom. The molecule has 0 unspecified atom stereocenters. The van der Waals surface area contributed by atoms with Gasteiger partial charge < -0.3 is 14.8 Å². The highest BCUT2D eigenvalue weighted by atomic mass is 16.5. The zero-order valence-corrected chi connectivity index (χ0v) is 13.1. The Labute approximate surface area is 126 Å². The SMILES string of the molecule is COc1cc(OC)cc([C@H](C)N[C@@H](C)c2ccccc2)c1. The highest BCUT2D eigenvalue weighted by Crippen LogP contribution is 2.27. The van der Waals surface area contributed by atoms with E-state index in [2.05, 4.69) is 43.4 Å². The molecule has 0 aliphatic heterocycles. The van der Waals surface area contributed by atoms with Crippen LogP contribution in [0.15, 0.2) is 48.5 Å². The average molecular weight is 285 g/mol. The first-order valence-corrected chi connectivity index (χ1v) is 7.18. The number of hydrogen-bond donors (Lipinski definition) is 1. The summed E-state index contributed by atoms with van der Waals surface area (Å²) in [5.74, 6) is 1.62. The van der Waals surface area contributed by atoms with E-state index >= 15 is 0 Å². The molecule has 1 N–H and O–H groups in total. The predicted octanol–water partition coefficient (Wildman–Crippen LogP) is 4.12. The molecule has 0 amide bonds. The Morgan fingerprint density at radius 2 is 1.29 bits per heavy atom. The molecule has 2 aromatic carbocycles. The summed E-state index contributed by atoms with van der Waals surface area (Å²) in [4.78, 5) is 0. The van der Waals surface area contributed by atoms with Crippen LogP contribution in [0.5, 0.6) is 11.5 Å². The molecule has 0 aliphatic rings. The van der Waals surface area contributed by atoms with E-state index in [1.54, 1.807) is 14.2 Å². The van der Waals surface area contributed by atoms with Crippen molar-refractivity contribution in [3.05, 3.63) is 59.7 Å². The van der Waals surface area contributed by atoms with Crippen molar-refractivity contribution in [2.24, 2.45) is 0 Å². The van der Waals surface area contributed by atoms with E-state index in [9.17, 15) is 0 Å². The van der Waals surface area contributed by atoms with Gasteiger partial charge in [0.2, 0.25) is 0 Å². The van der Waals surface area contributed by atoms with E-state index in [-0.39, 0.29) is 12.1 Å². The normalized spacial score (nSPS) is 13.5. The molecule has 3 heteroatoms. The quantitative estimate of drug-likeness (QED) is 0.866. The van der Waals surface area contributed by atoms with Gasteiger partial charge in [-0.25, -0.2) is 0 Å². The first kappa shape index (κ1) is 15.4. The molecule has 21 heavy (non-hydrogen) atoms. The van der Waals surface area contributed by atoms with Crippen LogP contribution in [0.3, 0.4) is 0 Å². The maximum absolute atomic E-state index is 5.33. The monoisotopic (exact) mass is 285 g/mol. The Morgan fingerprint density at radius 3 is 1.81 bits per heavy atom. The number of rotatable bonds is 6. The fourth-order valence-corrected chi connectivity index (χ4v) is 2.39. The molecule has 0 aromatic heterocycles. The number of nitrogens with one attached hydrogen (secondary N) is 1. The molecule has 0 aliphatic carbocycles. The second-order valence-electron chi connectivity index (χ2n) is 5.17. The summed E-state index contributed by atoms with van der Waals surface area (Å²) < 4.78 is 10.7. The zero-order chi connectivity index (χ0) is 15.2. The minimum absolute atomic E-state index is 0.198. The van der Waals surface area contributed by atoms with Gasteiger partial charge in [-0.2, -0.15) is 0 Å². The van der Waals surface area contributed by atoms with Crippen LogP contribution in [-0.2, 0) is 0 Å². The molecular weight excluding hydrogens is 262 g/mol. The van der Waals surface area contributed by atoms with Gasteiger partial charge in [-0.1, -0.05) is 30.3 Å². The largest absolute Gasteiger partial charge is 0.497 e. The molecule has 0 bridgehead atoms. The second-order valence-corrected chi connectivity index (χ2v) is 5.17. The summed E-state index contributed by atoms with van der Waals surface area (Å²) in [7, 11) is 3.34. The molecule has 0 fully saturated rings. The first-order chi connectivity index (χ1) is 10.1. The van der Waals surface area contributed by atoms with Crippen LogP contribution in [0.2, 0.25) is 0 Å². The van der Waals surface area contributed by atoms with Crippen LogP contribution in [0.4, 0.5) is 0 Å². The van der Waals surface area contributed by atoms with E-state index in [1.165, 1.54) is 5.56 Å². The van der Waals surface area contributed by atoms with Gasteiger partial charge in [0.15, 0.2) is 0 Å². The molecule has 0 saturated carbocycles. The summed E-state index contributed by atoms with van der Waals surface area (Å²) in [6.45, 7) is 4.32. The molecule has 0 radical (unpaired) electrons. The van der Waals surface area contributed by atoms with E-state index < -0.39 is 0 Å². The second kappa shape index (κ2) is 7.14. The molecule has 2 aromatic rings. The van der Waals surface area contributed by atoms with E-state index in [0.29, 0.717) is 0 Å². The fraction of sp³-hybridized carbons (Fsp3) is 0.333. The van der Waals surface area contributed by atoms with Gasteiger partial charge in [-0.05, 0) is 37.1 Å². The minimum atomic E-state index is 0.198. The van der Waals surface area contributed by atoms with Crippen LogP contribution < -0.4 is 14.8 Å². The van der Waals surface area contributed by atoms with Crippen molar-refractivity contribution in [3.63, 3.8) is 0 Å². The van der Waals surface area contributed by atoms with Crippen molar-refractivity contribution in [1.82, 2.24) is 5.32 Å². The number of hydrogen-bond acceptors (Lipinski definition) is 3. The lowest BCUT2D eigenvalue weighted by Crippen LogP contribution is -2.22. The first-order valence-electron chi connectivity index (χ1n) is 7.18. The maximum Gasteiger partial charge on any atom is 0.122 e. The smallest absolute Gasteiger partial charge is 0.122 e. The molecule has 112 valence electrons. The fourth-order valence-electron chi connectivity index (χ4n) is 2.39. The van der Waals surface area contributed by atoms with Gasteiger partial charge in [0.25, 0.3) is 0 Å². The van der Waals surface area contributed by atoms with Crippen molar-refractivity contribution in [2.45, 2.75) is 25.9 Å². The number of ether oxygens (including phenoxy) is 2. The molecule has 3 nitrogen and oxygen atoms in total. The van der Waals surface area contributed by atoms with Crippen molar-refractivity contribution in [2.75, 3.05) is 14.2 Å². The van der Waals surface area contributed by atoms with E-state index in [4.69, 9.17) is 9.47 Å². The minimum Gasteiger partial charge on any atom is -0.497 e. The van der Waals surface area contributed by atoms with Crippen molar-refractivity contribution >= 4 is 0 Å². The molecule has 0 saturated heterocycles. The summed E-state index contributed by atoms with van der Waals surface area (Å²) in [6, 6.07) is 16.9. The van der Waals surface area contributed by atoms with Crippen LogP contribution in [0.1, 0.15) is 37.1 Å². The zero-order valence-electron chi connectivity index (χ0n) is 13.1. The predicted molar refractivity (Wildman–Crippen MR) is 86.0 cm³/mol. The van der Waals surface area contributed by atoms with Crippen molar-refractivity contribution in [3.8, 4) is 11.5 Å². The molecule has 2 atom stereocenters. The third-order valence-corrected chi connectivity index (χ3v) is 3.67. The summed E-state index contributed by atoms with van der Waals surface area (Å²) >= 11 is 0. The van der Waals surface area contributed by atoms with Crippen LogP contribution in [-0.4, -0.2) is 14.2 Å². The third kappa shape index (κ3) is 3.99. The Balaban J connectivity index is 2.14. The highest BCUT2D eigenvalue weighted by Gasteiger charge is 2.13. The van der Waals surface area contributed by atoms with Gasteiger partial charge in [0, 0.05) is 18.2 Å². The molecule has 0 spiro atoms. The van der Waals surface area contributed by atoms with Gasteiger partial charge in [-0.15, -0.1) is 0 Å². The lowest BCUT2D eigenvalue weighted by atomic mass is 10.0. The van der Waals surface area contributed by atoms with E-state index in [0.717, 1.165) is 17.1 Å². The number of benzene rings is 2. The molecule has 2 rings (SSSR count). The lowest BCUT2D eigenvalue weighted by molar-refractivity contribution is 0.391. The lowest BCUT2D eigenvalue weighted by Gasteiger charge is -2.21. The Kier molecular flexibility index (Phi) is 5.23. The van der Waals surface area contributed by atoms with Gasteiger partial charge in [0.05, 0.1) is 14.2 Å².